The number of carboxylic acid groups (broad SMARTS) is 1. The molecule has 6 nitrogen and oxygen atoms in total. The fourth-order valence-corrected chi connectivity index (χ4v) is 4.47. The summed E-state index contributed by atoms with van der Waals surface area (Å²) in [5.41, 5.74) is 0.143. The Morgan fingerprint density at radius 3 is 2.24 bits per heavy atom. The normalized spacial score (nSPS) is 13.0. The summed E-state index contributed by atoms with van der Waals surface area (Å²) in [6.45, 7) is 1.39. The molecule has 11 heteroatoms. The van der Waals surface area contributed by atoms with Crippen molar-refractivity contribution < 1.29 is 36.3 Å². The second-order valence-electron chi connectivity index (χ2n) is 6.17. The smallest absolute Gasteiger partial charge is 0.471 e. The second-order valence-corrected chi connectivity index (χ2v) is 9.33. The van der Waals surface area contributed by atoms with E-state index in [1.165, 1.54) is 49.4 Å². The number of aromatic carboxylic acids is 1. The van der Waals surface area contributed by atoms with Gasteiger partial charge in [-0.3, -0.25) is 4.79 Å². The largest absolute Gasteiger partial charge is 0.478 e. The van der Waals surface area contributed by atoms with Gasteiger partial charge in [0.05, 0.1) is 15.4 Å². The van der Waals surface area contributed by atoms with Gasteiger partial charge in [-0.25, -0.2) is 13.2 Å². The van der Waals surface area contributed by atoms with Crippen LogP contribution in [0.5, 0.6) is 0 Å². The Morgan fingerprint density at radius 1 is 1.14 bits per heavy atom. The van der Waals surface area contributed by atoms with Gasteiger partial charge in [0.25, 0.3) is 0 Å². The van der Waals surface area contributed by atoms with E-state index >= 15 is 0 Å². The molecule has 2 aromatic rings. The lowest BCUT2D eigenvalue weighted by atomic mass is 10.1. The predicted octanol–water partition coefficient (Wildman–Crippen LogP) is 3.43. The standard InChI is InChI=1S/C18H15F3INO5S/c1-10(23-17(26)18(19,20)21)8-11-2-5-13(6-3-11)29(27,28)15-7-4-12(22)9-14(15)16(24)25/h2-7,9-10H,8H2,1H3,(H,23,26)(H,24,25)/t10-/m1/s1. The van der Waals surface area contributed by atoms with Crippen molar-refractivity contribution in [3.8, 4) is 0 Å². The first-order valence-electron chi connectivity index (χ1n) is 8.07. The SMILES string of the molecule is C[C@H](Cc1ccc(S(=O)(=O)c2ccc(I)cc2C(=O)O)cc1)NC(=O)C(F)(F)F. The number of carbonyl (C=O) groups excluding carboxylic acids is 1. The van der Waals surface area contributed by atoms with E-state index in [9.17, 15) is 36.3 Å². The lowest BCUT2D eigenvalue weighted by Crippen LogP contribution is -2.42. The van der Waals surface area contributed by atoms with Gasteiger partial charge in [-0.15, -0.1) is 0 Å². The Hall–Kier alpha value is -2.15. The first-order chi connectivity index (χ1) is 13.3. The van der Waals surface area contributed by atoms with Crippen LogP contribution in [0.4, 0.5) is 13.2 Å². The molecule has 0 aliphatic rings. The van der Waals surface area contributed by atoms with Gasteiger partial charge in [0.2, 0.25) is 9.84 Å². The van der Waals surface area contributed by atoms with E-state index in [2.05, 4.69) is 0 Å². The third-order valence-corrected chi connectivity index (χ3v) is 6.37. The first kappa shape index (κ1) is 23.1. The summed E-state index contributed by atoms with van der Waals surface area (Å²) in [5, 5.41) is 11.1. The Morgan fingerprint density at radius 2 is 1.72 bits per heavy atom. The van der Waals surface area contributed by atoms with Crippen LogP contribution in [0.2, 0.25) is 0 Å². The molecule has 1 amide bonds. The molecular weight excluding hydrogens is 526 g/mol. The third kappa shape index (κ3) is 5.69. The molecule has 0 aliphatic heterocycles. The van der Waals surface area contributed by atoms with Crippen LogP contribution >= 0.6 is 22.6 Å². The molecule has 0 radical (unpaired) electrons. The van der Waals surface area contributed by atoms with Crippen LogP contribution in [0.15, 0.2) is 52.3 Å². The molecule has 2 N–H and O–H groups in total. The third-order valence-electron chi connectivity index (χ3n) is 3.87. The molecular formula is C18H15F3INO5S. The summed E-state index contributed by atoms with van der Waals surface area (Å²) >= 11 is 1.87. The maximum atomic E-state index is 12.8. The van der Waals surface area contributed by atoms with Crippen molar-refractivity contribution in [3.63, 3.8) is 0 Å². The highest BCUT2D eigenvalue weighted by atomic mass is 127. The summed E-state index contributed by atoms with van der Waals surface area (Å²) < 4.78 is 63.0. The van der Waals surface area contributed by atoms with Crippen LogP contribution in [0, 0.1) is 3.57 Å². The minimum absolute atomic E-state index is 0.0477. The average Bonchev–Trinajstić information content (AvgIpc) is 2.60. The molecule has 0 saturated heterocycles. The monoisotopic (exact) mass is 541 g/mol. The maximum Gasteiger partial charge on any atom is 0.471 e. The van der Waals surface area contributed by atoms with Crippen molar-refractivity contribution in [1.82, 2.24) is 5.32 Å². The minimum atomic E-state index is -4.98. The van der Waals surface area contributed by atoms with E-state index in [0.29, 0.717) is 9.13 Å². The first-order valence-corrected chi connectivity index (χ1v) is 10.6. The molecule has 1 atom stereocenters. The van der Waals surface area contributed by atoms with Crippen molar-refractivity contribution in [1.29, 1.82) is 0 Å². The van der Waals surface area contributed by atoms with Crippen molar-refractivity contribution in [2.75, 3.05) is 0 Å². The van der Waals surface area contributed by atoms with E-state index in [-0.39, 0.29) is 21.8 Å². The topological polar surface area (TPSA) is 101 Å². The van der Waals surface area contributed by atoms with Crippen molar-refractivity contribution in [2.24, 2.45) is 0 Å². The highest BCUT2D eigenvalue weighted by Gasteiger charge is 2.39. The molecule has 0 spiro atoms. The van der Waals surface area contributed by atoms with Gasteiger partial charge in [0.15, 0.2) is 0 Å². The Kier molecular flexibility index (Phi) is 6.93. The number of amides is 1. The number of halogens is 4. The van der Waals surface area contributed by atoms with Crippen LogP contribution in [0.3, 0.4) is 0 Å². The van der Waals surface area contributed by atoms with Gasteiger partial charge in [-0.2, -0.15) is 13.2 Å². The van der Waals surface area contributed by atoms with Gasteiger partial charge >= 0.3 is 18.1 Å². The zero-order valence-electron chi connectivity index (χ0n) is 14.8. The van der Waals surface area contributed by atoms with Crippen LogP contribution in [-0.4, -0.2) is 37.6 Å². The van der Waals surface area contributed by atoms with E-state index in [1.54, 1.807) is 0 Å². The number of hydrogen-bond acceptors (Lipinski definition) is 4. The van der Waals surface area contributed by atoms with E-state index in [0.717, 1.165) is 0 Å². The molecule has 0 aliphatic carbocycles. The lowest BCUT2D eigenvalue weighted by Gasteiger charge is -2.15. The number of rotatable bonds is 6. The second kappa shape index (κ2) is 8.69. The summed E-state index contributed by atoms with van der Waals surface area (Å²) in [5.74, 6) is -3.43. The van der Waals surface area contributed by atoms with Crippen LogP contribution < -0.4 is 5.32 Å². The van der Waals surface area contributed by atoms with E-state index in [4.69, 9.17) is 0 Å². The summed E-state index contributed by atoms with van der Waals surface area (Å²) in [6.07, 6.45) is -4.94. The fraction of sp³-hybridized carbons (Fsp3) is 0.222. The Bertz CT molecular complexity index is 1040. The molecule has 29 heavy (non-hydrogen) atoms. The number of carbonyl (C=O) groups is 2. The summed E-state index contributed by atoms with van der Waals surface area (Å²) in [4.78, 5) is 21.8. The molecule has 2 aromatic carbocycles. The molecule has 0 heterocycles. The van der Waals surface area contributed by atoms with Gasteiger partial charge in [0, 0.05) is 9.61 Å². The lowest BCUT2D eigenvalue weighted by molar-refractivity contribution is -0.174. The highest BCUT2D eigenvalue weighted by molar-refractivity contribution is 14.1. The zero-order chi connectivity index (χ0) is 22.0. The number of sulfone groups is 1. The fourth-order valence-electron chi connectivity index (χ4n) is 2.55. The molecule has 156 valence electrons. The van der Waals surface area contributed by atoms with Crippen molar-refractivity contribution in [3.05, 3.63) is 57.2 Å². The average molecular weight is 541 g/mol. The predicted molar refractivity (Wildman–Crippen MR) is 105 cm³/mol. The van der Waals surface area contributed by atoms with Gasteiger partial charge < -0.3 is 10.4 Å². The number of carboxylic acids is 1. The maximum absolute atomic E-state index is 12.8. The van der Waals surface area contributed by atoms with E-state index < -0.39 is 33.9 Å². The molecule has 0 aromatic heterocycles. The van der Waals surface area contributed by atoms with E-state index in [1.807, 2.05) is 27.9 Å². The van der Waals surface area contributed by atoms with Crippen molar-refractivity contribution in [2.45, 2.75) is 35.4 Å². The zero-order valence-corrected chi connectivity index (χ0v) is 17.8. The number of alkyl halides is 3. The number of nitrogens with one attached hydrogen (secondary N) is 1. The van der Waals surface area contributed by atoms with Gasteiger partial charge in [0.1, 0.15) is 0 Å². The minimum Gasteiger partial charge on any atom is -0.478 e. The van der Waals surface area contributed by atoms with Gasteiger partial charge in [-0.05, 0) is 71.8 Å². The van der Waals surface area contributed by atoms with Crippen LogP contribution in [-0.2, 0) is 21.1 Å². The van der Waals surface area contributed by atoms with Gasteiger partial charge in [-0.1, -0.05) is 12.1 Å². The van der Waals surface area contributed by atoms with Crippen LogP contribution in [0.1, 0.15) is 22.8 Å². The van der Waals surface area contributed by atoms with Crippen LogP contribution in [0.25, 0.3) is 0 Å². The number of benzene rings is 2. The molecule has 0 saturated carbocycles. The summed E-state index contributed by atoms with van der Waals surface area (Å²) in [6, 6.07) is 8.38. The number of hydrogen-bond donors (Lipinski definition) is 2. The molecule has 0 fully saturated rings. The Balaban J connectivity index is 2.24. The molecule has 0 unspecified atom stereocenters. The summed E-state index contributed by atoms with van der Waals surface area (Å²) in [7, 11) is -4.12. The Labute approximate surface area is 178 Å². The highest BCUT2D eigenvalue weighted by Crippen LogP contribution is 2.26. The van der Waals surface area contributed by atoms with Crippen molar-refractivity contribution >= 4 is 44.3 Å². The quantitative estimate of drug-likeness (QED) is 0.547. The molecule has 0 bridgehead atoms. The molecule has 2 rings (SSSR count).